The molecule has 0 amide bonds. The van der Waals surface area contributed by atoms with E-state index < -0.39 is 10.0 Å². The lowest BCUT2D eigenvalue weighted by Crippen LogP contribution is -2.22. The van der Waals surface area contributed by atoms with Gasteiger partial charge in [0.05, 0.1) is 17.4 Å². The molecule has 24 heavy (non-hydrogen) atoms. The van der Waals surface area contributed by atoms with Crippen LogP contribution in [0.15, 0.2) is 34.3 Å². The van der Waals surface area contributed by atoms with Crippen LogP contribution in [0.4, 0.5) is 0 Å². The van der Waals surface area contributed by atoms with Crippen molar-refractivity contribution in [1.29, 1.82) is 0 Å². The lowest BCUT2D eigenvalue weighted by Gasteiger charge is -2.12. The first-order valence-electron chi connectivity index (χ1n) is 8.25. The molecule has 3 rings (SSSR count). The molecule has 1 aromatic carbocycles. The van der Waals surface area contributed by atoms with Crippen molar-refractivity contribution in [2.24, 2.45) is 22.9 Å². The van der Waals surface area contributed by atoms with Crippen LogP contribution >= 0.6 is 0 Å². The Morgan fingerprint density at radius 3 is 2.71 bits per heavy atom. The highest BCUT2D eigenvalue weighted by Gasteiger charge is 2.59. The van der Waals surface area contributed by atoms with Crippen molar-refractivity contribution < 1.29 is 17.9 Å². The van der Waals surface area contributed by atoms with E-state index in [2.05, 4.69) is 9.93 Å². The number of nitrogens with one attached hydrogen (secondary N) is 1. The zero-order valence-electron chi connectivity index (χ0n) is 13.9. The number of nitrogens with zero attached hydrogens (tertiary/aromatic N) is 1. The number of rotatable bonds is 5. The van der Waals surface area contributed by atoms with Crippen molar-refractivity contribution in [2.75, 3.05) is 6.61 Å². The van der Waals surface area contributed by atoms with E-state index in [1.54, 1.807) is 31.2 Å². The maximum absolute atomic E-state index is 12.3. The van der Waals surface area contributed by atoms with E-state index in [0.717, 1.165) is 24.1 Å². The van der Waals surface area contributed by atoms with Crippen LogP contribution in [-0.2, 0) is 19.6 Å². The molecule has 7 heteroatoms. The summed E-state index contributed by atoms with van der Waals surface area (Å²) in [7, 11) is -3.68. The van der Waals surface area contributed by atoms with Crippen LogP contribution in [0.3, 0.4) is 0 Å². The number of ether oxygens (including phenoxy) is 1. The van der Waals surface area contributed by atoms with Gasteiger partial charge in [0, 0.05) is 11.6 Å². The van der Waals surface area contributed by atoms with E-state index in [1.165, 1.54) is 0 Å². The number of hydrogen-bond acceptors (Lipinski definition) is 5. The number of hydrogen-bond donors (Lipinski definition) is 1. The number of esters is 1. The van der Waals surface area contributed by atoms with E-state index >= 15 is 0 Å². The fraction of sp³-hybridized carbons (Fsp3) is 0.529. The zero-order chi connectivity index (χ0) is 17.3. The lowest BCUT2D eigenvalue weighted by atomic mass is 9.99. The van der Waals surface area contributed by atoms with E-state index in [9.17, 15) is 13.2 Å². The fourth-order valence-corrected chi connectivity index (χ4v) is 4.29. The Kier molecular flexibility index (Phi) is 4.62. The van der Waals surface area contributed by atoms with Crippen molar-refractivity contribution >= 4 is 21.7 Å². The third kappa shape index (κ3) is 3.31. The minimum absolute atomic E-state index is 0.0264. The molecule has 0 heterocycles. The van der Waals surface area contributed by atoms with Gasteiger partial charge in [-0.1, -0.05) is 17.7 Å². The molecule has 6 nitrogen and oxygen atoms in total. The highest BCUT2D eigenvalue weighted by molar-refractivity contribution is 7.89. The SMILES string of the molecule is CCOC(=O)[C@H]1[C@H]2CCC/C(=N\NS(=O)(=O)c3ccc(C)cc3)[C@@H]21. The van der Waals surface area contributed by atoms with Gasteiger partial charge in [-0.15, -0.1) is 0 Å². The van der Waals surface area contributed by atoms with Crippen molar-refractivity contribution in [3.05, 3.63) is 29.8 Å². The molecule has 2 aliphatic rings. The van der Waals surface area contributed by atoms with E-state index in [1.807, 2.05) is 6.92 Å². The number of carbonyl (C=O) groups excluding carboxylic acids is 1. The van der Waals surface area contributed by atoms with Crippen LogP contribution in [-0.4, -0.2) is 26.7 Å². The average Bonchev–Trinajstić information content (AvgIpc) is 3.29. The summed E-state index contributed by atoms with van der Waals surface area (Å²) in [5.74, 6) is -0.0717. The Hall–Kier alpha value is -1.89. The van der Waals surface area contributed by atoms with Gasteiger partial charge in [-0.05, 0) is 51.2 Å². The van der Waals surface area contributed by atoms with Crippen molar-refractivity contribution in [3.63, 3.8) is 0 Å². The highest BCUT2D eigenvalue weighted by Crippen LogP contribution is 2.54. The average molecular weight is 350 g/mol. The Balaban J connectivity index is 1.72. The molecule has 1 N–H and O–H groups in total. The Bertz CT molecular complexity index is 755. The second-order valence-electron chi connectivity index (χ2n) is 6.37. The van der Waals surface area contributed by atoms with Crippen LogP contribution in [0.1, 0.15) is 31.7 Å². The van der Waals surface area contributed by atoms with Gasteiger partial charge >= 0.3 is 5.97 Å². The molecular formula is C17H22N2O4S. The predicted octanol–water partition coefficient (Wildman–Crippen LogP) is 2.24. The predicted molar refractivity (Wildman–Crippen MR) is 89.9 cm³/mol. The summed E-state index contributed by atoms with van der Waals surface area (Å²) in [6, 6.07) is 6.60. The number of benzene rings is 1. The second kappa shape index (κ2) is 6.55. The van der Waals surface area contributed by atoms with Gasteiger partial charge in [-0.2, -0.15) is 13.5 Å². The topological polar surface area (TPSA) is 84.8 Å². The molecule has 2 saturated carbocycles. The summed E-state index contributed by atoms with van der Waals surface area (Å²) in [6.07, 6.45) is 2.60. The summed E-state index contributed by atoms with van der Waals surface area (Å²) in [4.78, 5) is 14.5. The van der Waals surface area contributed by atoms with Crippen molar-refractivity contribution in [2.45, 2.75) is 38.0 Å². The standard InChI is InChI=1S/C17H22N2O4S/c1-3-23-17(20)16-13-5-4-6-14(15(13)16)18-19-24(21,22)12-9-7-11(2)8-10-12/h7-10,13,15-16,19H,3-6H2,1-2H3/b18-14+/t13-,15+,16-/m0/s1. The van der Waals surface area contributed by atoms with E-state index in [-0.39, 0.29) is 28.6 Å². The van der Waals surface area contributed by atoms with Gasteiger partial charge < -0.3 is 4.74 Å². The van der Waals surface area contributed by atoms with Gasteiger partial charge in [0.2, 0.25) is 0 Å². The van der Waals surface area contributed by atoms with Crippen LogP contribution in [0.5, 0.6) is 0 Å². The maximum atomic E-state index is 12.3. The Morgan fingerprint density at radius 1 is 1.33 bits per heavy atom. The van der Waals surface area contributed by atoms with Crippen LogP contribution < -0.4 is 4.83 Å². The Morgan fingerprint density at radius 2 is 2.04 bits per heavy atom. The van der Waals surface area contributed by atoms with Gasteiger partial charge in [0.1, 0.15) is 0 Å². The normalized spacial score (nSPS) is 27.4. The molecule has 3 atom stereocenters. The van der Waals surface area contributed by atoms with Crippen molar-refractivity contribution in [3.8, 4) is 0 Å². The largest absolute Gasteiger partial charge is 0.466 e. The summed E-state index contributed by atoms with van der Waals surface area (Å²) < 4.78 is 29.7. The summed E-state index contributed by atoms with van der Waals surface area (Å²) in [6.45, 7) is 4.05. The molecule has 0 aliphatic heterocycles. The number of carbonyl (C=O) groups is 1. The molecule has 0 unspecified atom stereocenters. The van der Waals surface area contributed by atoms with Gasteiger partial charge in [-0.25, -0.2) is 4.83 Å². The maximum Gasteiger partial charge on any atom is 0.309 e. The van der Waals surface area contributed by atoms with Crippen LogP contribution in [0, 0.1) is 24.7 Å². The molecule has 2 aliphatic carbocycles. The molecule has 2 fully saturated rings. The highest BCUT2D eigenvalue weighted by atomic mass is 32.2. The Labute approximate surface area is 142 Å². The molecule has 0 spiro atoms. The summed E-state index contributed by atoms with van der Waals surface area (Å²) >= 11 is 0. The number of aryl methyl sites for hydroxylation is 1. The minimum atomic E-state index is -3.68. The molecule has 0 saturated heterocycles. The third-order valence-corrected chi connectivity index (χ3v) is 5.95. The third-order valence-electron chi connectivity index (χ3n) is 4.72. The fourth-order valence-electron chi connectivity index (χ4n) is 3.45. The second-order valence-corrected chi connectivity index (χ2v) is 8.03. The first kappa shape index (κ1) is 17.0. The van der Waals surface area contributed by atoms with Crippen LogP contribution in [0.25, 0.3) is 0 Å². The molecule has 1 aromatic rings. The molecule has 0 aromatic heterocycles. The number of fused-ring (bicyclic) bond motifs is 1. The smallest absolute Gasteiger partial charge is 0.309 e. The van der Waals surface area contributed by atoms with E-state index in [4.69, 9.17) is 4.74 Å². The first-order valence-corrected chi connectivity index (χ1v) is 9.74. The van der Waals surface area contributed by atoms with Gasteiger partial charge in [-0.3, -0.25) is 4.79 Å². The minimum Gasteiger partial charge on any atom is -0.466 e. The zero-order valence-corrected chi connectivity index (χ0v) is 14.7. The molecule has 0 bridgehead atoms. The lowest BCUT2D eigenvalue weighted by molar-refractivity contribution is -0.145. The monoisotopic (exact) mass is 350 g/mol. The molecule has 130 valence electrons. The number of hydrazone groups is 1. The quantitative estimate of drug-likeness (QED) is 0.652. The molecular weight excluding hydrogens is 328 g/mol. The van der Waals surface area contributed by atoms with Gasteiger partial charge in [0.15, 0.2) is 0 Å². The van der Waals surface area contributed by atoms with Gasteiger partial charge in [0.25, 0.3) is 10.0 Å². The van der Waals surface area contributed by atoms with E-state index in [0.29, 0.717) is 13.0 Å². The first-order chi connectivity index (χ1) is 11.4. The van der Waals surface area contributed by atoms with Crippen molar-refractivity contribution in [1.82, 2.24) is 4.83 Å². The number of sulfonamides is 1. The summed E-state index contributed by atoms with van der Waals surface area (Å²) in [5.41, 5.74) is 1.76. The summed E-state index contributed by atoms with van der Waals surface area (Å²) in [5, 5.41) is 4.14. The molecule has 0 radical (unpaired) electrons. The van der Waals surface area contributed by atoms with Crippen LogP contribution in [0.2, 0.25) is 0 Å².